The molecular formula is C9H9FO4S2. The SMILES string of the molecule is O=S1(=O)CCC(S(=O)(=O)F)c2ccccc21. The lowest BCUT2D eigenvalue weighted by Gasteiger charge is -2.21. The molecular weight excluding hydrogens is 255 g/mol. The Labute approximate surface area is 93.2 Å². The summed E-state index contributed by atoms with van der Waals surface area (Å²) in [6, 6.07) is 5.64. The number of sulfone groups is 1. The van der Waals surface area contributed by atoms with Crippen LogP contribution in [0.2, 0.25) is 0 Å². The van der Waals surface area contributed by atoms with Crippen molar-refractivity contribution in [1.29, 1.82) is 0 Å². The molecule has 1 unspecified atom stereocenters. The van der Waals surface area contributed by atoms with Crippen LogP contribution in [0.5, 0.6) is 0 Å². The van der Waals surface area contributed by atoms with Crippen molar-refractivity contribution in [3.8, 4) is 0 Å². The number of benzene rings is 1. The van der Waals surface area contributed by atoms with Gasteiger partial charge < -0.3 is 0 Å². The van der Waals surface area contributed by atoms with E-state index in [-0.39, 0.29) is 22.6 Å². The van der Waals surface area contributed by atoms with Gasteiger partial charge >= 0.3 is 10.2 Å². The van der Waals surface area contributed by atoms with Crippen LogP contribution < -0.4 is 0 Å². The Morgan fingerprint density at radius 2 is 1.88 bits per heavy atom. The van der Waals surface area contributed by atoms with E-state index in [1.165, 1.54) is 24.3 Å². The molecule has 0 N–H and O–H groups in total. The lowest BCUT2D eigenvalue weighted by Crippen LogP contribution is -2.23. The molecule has 4 nitrogen and oxygen atoms in total. The van der Waals surface area contributed by atoms with Gasteiger partial charge in [-0.05, 0) is 18.1 Å². The first kappa shape index (κ1) is 11.5. The minimum Gasteiger partial charge on any atom is -0.224 e. The molecule has 2 rings (SSSR count). The van der Waals surface area contributed by atoms with Gasteiger partial charge in [0.05, 0.1) is 10.6 Å². The zero-order chi connectivity index (χ0) is 12.0. The van der Waals surface area contributed by atoms with Gasteiger partial charge in [0.1, 0.15) is 5.25 Å². The maximum Gasteiger partial charge on any atom is 0.309 e. The van der Waals surface area contributed by atoms with Crippen molar-refractivity contribution in [3.05, 3.63) is 29.8 Å². The van der Waals surface area contributed by atoms with Crippen LogP contribution in [0.3, 0.4) is 0 Å². The molecule has 1 aromatic rings. The Balaban J connectivity index is 2.70. The summed E-state index contributed by atoms with van der Waals surface area (Å²) < 4.78 is 58.0. The molecule has 1 aromatic carbocycles. The zero-order valence-electron chi connectivity index (χ0n) is 8.13. The fourth-order valence-electron chi connectivity index (χ4n) is 1.85. The Hall–Kier alpha value is -0.950. The Bertz CT molecular complexity index is 619. The monoisotopic (exact) mass is 264 g/mol. The Morgan fingerprint density at radius 3 is 2.50 bits per heavy atom. The predicted molar refractivity (Wildman–Crippen MR) is 55.9 cm³/mol. The summed E-state index contributed by atoms with van der Waals surface area (Å²) in [7, 11) is -8.22. The van der Waals surface area contributed by atoms with Crippen molar-refractivity contribution in [2.75, 3.05) is 5.75 Å². The molecule has 0 bridgehead atoms. The van der Waals surface area contributed by atoms with Gasteiger partial charge in [-0.3, -0.25) is 0 Å². The molecule has 0 aromatic heterocycles. The summed E-state index contributed by atoms with van der Waals surface area (Å²) in [4.78, 5) is -0.0764. The van der Waals surface area contributed by atoms with Gasteiger partial charge in [-0.2, -0.15) is 8.42 Å². The second kappa shape index (κ2) is 3.53. The van der Waals surface area contributed by atoms with Gasteiger partial charge in [0, 0.05) is 0 Å². The molecule has 16 heavy (non-hydrogen) atoms. The lowest BCUT2D eigenvalue weighted by molar-refractivity contribution is 0.527. The van der Waals surface area contributed by atoms with Crippen LogP contribution in [0.25, 0.3) is 0 Å². The number of hydrogen-bond donors (Lipinski definition) is 0. The van der Waals surface area contributed by atoms with E-state index in [4.69, 9.17) is 0 Å². The smallest absolute Gasteiger partial charge is 0.224 e. The number of halogens is 1. The fraction of sp³-hybridized carbons (Fsp3) is 0.333. The van der Waals surface area contributed by atoms with Gasteiger partial charge in [-0.25, -0.2) is 8.42 Å². The number of hydrogen-bond acceptors (Lipinski definition) is 4. The second-order valence-electron chi connectivity index (χ2n) is 3.61. The molecule has 1 aliphatic rings. The Kier molecular flexibility index (Phi) is 2.54. The normalized spacial score (nSPS) is 23.7. The molecule has 1 atom stereocenters. The van der Waals surface area contributed by atoms with Crippen LogP contribution in [0.4, 0.5) is 3.89 Å². The minimum absolute atomic E-state index is 0.0382. The zero-order valence-corrected chi connectivity index (χ0v) is 9.76. The standard InChI is InChI=1S/C9H9FO4S2/c10-16(13,14)9-5-6-15(11,12)8-4-2-1-3-7(8)9/h1-4,9H,5-6H2. The summed E-state index contributed by atoms with van der Waals surface area (Å²) in [5.41, 5.74) is 0.0382. The predicted octanol–water partition coefficient (Wildman–Crippen LogP) is 1.20. The molecule has 0 fully saturated rings. The van der Waals surface area contributed by atoms with Crippen molar-refractivity contribution >= 4 is 20.1 Å². The summed E-state index contributed by atoms with van der Waals surface area (Å²) in [5, 5.41) is -1.35. The van der Waals surface area contributed by atoms with Gasteiger partial charge in [0.25, 0.3) is 0 Å². The van der Waals surface area contributed by atoms with E-state index in [9.17, 15) is 20.7 Å². The lowest BCUT2D eigenvalue weighted by atomic mass is 10.1. The van der Waals surface area contributed by atoms with Gasteiger partial charge in [0.15, 0.2) is 9.84 Å². The number of fused-ring (bicyclic) bond motifs is 1. The molecule has 7 heteroatoms. The quantitative estimate of drug-likeness (QED) is 0.715. The first-order chi connectivity index (χ1) is 7.32. The van der Waals surface area contributed by atoms with E-state index in [0.29, 0.717) is 0 Å². The average Bonchev–Trinajstić information content (AvgIpc) is 2.16. The van der Waals surface area contributed by atoms with Crippen molar-refractivity contribution in [2.24, 2.45) is 0 Å². The van der Waals surface area contributed by atoms with Gasteiger partial charge in [0.2, 0.25) is 0 Å². The van der Waals surface area contributed by atoms with Gasteiger partial charge in [-0.15, -0.1) is 3.89 Å². The third-order valence-corrected chi connectivity index (χ3v) is 5.57. The largest absolute Gasteiger partial charge is 0.309 e. The van der Waals surface area contributed by atoms with Crippen LogP contribution in [-0.4, -0.2) is 22.6 Å². The highest BCUT2D eigenvalue weighted by atomic mass is 32.3. The molecule has 0 spiro atoms. The minimum atomic E-state index is -4.75. The van der Waals surface area contributed by atoms with Crippen LogP contribution in [-0.2, 0) is 20.1 Å². The maximum atomic E-state index is 13.0. The van der Waals surface area contributed by atoms with Crippen molar-refractivity contribution < 1.29 is 20.7 Å². The van der Waals surface area contributed by atoms with Crippen LogP contribution in [0.1, 0.15) is 17.2 Å². The van der Waals surface area contributed by atoms with Crippen LogP contribution in [0.15, 0.2) is 29.2 Å². The molecule has 1 heterocycles. The first-order valence-electron chi connectivity index (χ1n) is 4.57. The summed E-state index contributed by atoms with van der Waals surface area (Å²) in [6.45, 7) is 0. The molecule has 0 saturated heterocycles. The average molecular weight is 264 g/mol. The second-order valence-corrected chi connectivity index (χ2v) is 7.21. The van der Waals surface area contributed by atoms with E-state index >= 15 is 0 Å². The topological polar surface area (TPSA) is 68.3 Å². The highest BCUT2D eigenvalue weighted by molar-refractivity contribution is 7.92. The summed E-state index contributed by atoms with van der Waals surface area (Å²) >= 11 is 0. The maximum absolute atomic E-state index is 13.0. The van der Waals surface area contributed by atoms with Gasteiger partial charge in [-0.1, -0.05) is 18.2 Å². The molecule has 0 saturated carbocycles. The molecule has 0 aliphatic carbocycles. The summed E-state index contributed by atoms with van der Waals surface area (Å²) in [6.07, 6.45) is -0.224. The van der Waals surface area contributed by atoms with E-state index < -0.39 is 25.3 Å². The van der Waals surface area contributed by atoms with E-state index in [1.807, 2.05) is 0 Å². The van der Waals surface area contributed by atoms with Crippen molar-refractivity contribution in [2.45, 2.75) is 16.6 Å². The van der Waals surface area contributed by atoms with Crippen molar-refractivity contribution in [3.63, 3.8) is 0 Å². The molecule has 0 radical (unpaired) electrons. The summed E-state index contributed by atoms with van der Waals surface area (Å²) in [5.74, 6) is -0.335. The first-order valence-corrected chi connectivity index (χ1v) is 7.67. The van der Waals surface area contributed by atoms with Crippen LogP contribution in [0, 0.1) is 0 Å². The molecule has 88 valence electrons. The Morgan fingerprint density at radius 1 is 1.25 bits per heavy atom. The van der Waals surface area contributed by atoms with E-state index in [2.05, 4.69) is 0 Å². The highest BCUT2D eigenvalue weighted by Crippen LogP contribution is 2.37. The third-order valence-electron chi connectivity index (χ3n) is 2.59. The number of rotatable bonds is 1. The molecule has 1 aliphatic heterocycles. The van der Waals surface area contributed by atoms with Crippen LogP contribution >= 0.6 is 0 Å². The third kappa shape index (κ3) is 1.84. The highest BCUT2D eigenvalue weighted by Gasteiger charge is 2.37. The van der Waals surface area contributed by atoms with E-state index in [1.54, 1.807) is 0 Å². The van der Waals surface area contributed by atoms with E-state index in [0.717, 1.165) is 0 Å². The van der Waals surface area contributed by atoms with Crippen molar-refractivity contribution in [1.82, 2.24) is 0 Å². The fourth-order valence-corrected chi connectivity index (χ4v) is 4.60. The molecule has 0 amide bonds.